The molecule has 1 aliphatic rings. The smallest absolute Gasteiger partial charge is 0.325 e. The molecule has 0 saturated carbocycles. The van der Waals surface area contributed by atoms with Crippen LogP contribution in [-0.4, -0.2) is 31.5 Å². The summed E-state index contributed by atoms with van der Waals surface area (Å²) in [6, 6.07) is 12.1. The molecular formula is C17H19N4O3S+. The van der Waals surface area contributed by atoms with Gasteiger partial charge < -0.3 is 5.73 Å². The second kappa shape index (κ2) is 6.94. The quantitative estimate of drug-likeness (QED) is 0.675. The van der Waals surface area contributed by atoms with Crippen LogP contribution in [0.4, 0.5) is 5.82 Å². The van der Waals surface area contributed by atoms with Crippen LogP contribution in [0, 0.1) is 0 Å². The molecule has 25 heavy (non-hydrogen) atoms. The Kier molecular flexibility index (Phi) is 4.71. The van der Waals surface area contributed by atoms with Gasteiger partial charge in [-0.3, -0.25) is 9.94 Å². The Bertz CT molecular complexity index is 1010. The number of hydrogen-bond acceptors (Lipinski definition) is 5. The Morgan fingerprint density at radius 1 is 1.24 bits per heavy atom. The number of nitrogens with one attached hydrogen (secondary N) is 1. The second-order valence-electron chi connectivity index (χ2n) is 5.50. The summed E-state index contributed by atoms with van der Waals surface area (Å²) in [6.45, 7) is 0. The van der Waals surface area contributed by atoms with Gasteiger partial charge in [-0.25, -0.2) is 8.42 Å². The van der Waals surface area contributed by atoms with Gasteiger partial charge in [0.1, 0.15) is 12.6 Å². The molecule has 0 radical (unpaired) electrons. The minimum absolute atomic E-state index is 0.312. The Hall–Kier alpha value is -2.87. The zero-order valence-corrected chi connectivity index (χ0v) is 14.5. The summed E-state index contributed by atoms with van der Waals surface area (Å²) in [4.78, 5) is 5.31. The average Bonchev–Trinajstić information content (AvgIpc) is 3.20. The molecule has 0 amide bonds. The zero-order valence-electron chi connectivity index (χ0n) is 13.7. The molecule has 0 fully saturated rings. The lowest BCUT2D eigenvalue weighted by Crippen LogP contribution is -2.41. The SMILES string of the molecule is CO[n+]1cc(-c2ccccc2)cc2[nH]nc(N)c21.O=S1(=O)C=CCC1. The van der Waals surface area contributed by atoms with E-state index < -0.39 is 9.84 Å². The van der Waals surface area contributed by atoms with E-state index in [0.717, 1.165) is 22.2 Å². The van der Waals surface area contributed by atoms with Crippen LogP contribution < -0.4 is 15.3 Å². The molecular weight excluding hydrogens is 340 g/mol. The highest BCUT2D eigenvalue weighted by Crippen LogP contribution is 2.22. The van der Waals surface area contributed by atoms with Crippen LogP contribution in [0.3, 0.4) is 0 Å². The molecule has 4 rings (SSSR count). The number of hydrogen-bond donors (Lipinski definition) is 2. The number of nitrogens with two attached hydrogens (primary N) is 1. The van der Waals surface area contributed by atoms with Gasteiger partial charge in [0.2, 0.25) is 12.0 Å². The zero-order chi connectivity index (χ0) is 17.9. The first kappa shape index (κ1) is 17.0. The van der Waals surface area contributed by atoms with Crippen molar-refractivity contribution in [3.8, 4) is 11.1 Å². The molecule has 0 atom stereocenters. The third-order valence-corrected chi connectivity index (χ3v) is 5.16. The van der Waals surface area contributed by atoms with Crippen molar-refractivity contribution in [2.24, 2.45) is 0 Å². The molecule has 130 valence electrons. The fraction of sp³-hybridized carbons (Fsp3) is 0.176. The predicted octanol–water partition coefficient (Wildman–Crippen LogP) is 1.48. The summed E-state index contributed by atoms with van der Waals surface area (Å²) in [5, 5.41) is 8.16. The van der Waals surface area contributed by atoms with Gasteiger partial charge in [0.15, 0.2) is 9.84 Å². The average molecular weight is 359 g/mol. The largest absolute Gasteiger partial charge is 0.377 e. The molecule has 7 nitrogen and oxygen atoms in total. The molecule has 3 heterocycles. The van der Waals surface area contributed by atoms with E-state index >= 15 is 0 Å². The summed E-state index contributed by atoms with van der Waals surface area (Å²) in [5.74, 6) is 0.735. The van der Waals surface area contributed by atoms with Crippen molar-refractivity contribution < 1.29 is 18.0 Å². The summed E-state index contributed by atoms with van der Waals surface area (Å²) < 4.78 is 22.3. The number of aromatic nitrogens is 3. The van der Waals surface area contributed by atoms with Gasteiger partial charge in [-0.15, -0.1) is 0 Å². The molecule has 8 heteroatoms. The third-order valence-electron chi connectivity index (χ3n) is 3.75. The normalized spacial score (nSPS) is 14.9. The summed E-state index contributed by atoms with van der Waals surface area (Å²) in [5.41, 5.74) is 9.53. The minimum atomic E-state index is -2.73. The number of fused-ring (bicyclic) bond motifs is 1. The molecule has 0 unspecified atom stereocenters. The molecule has 3 N–H and O–H groups in total. The van der Waals surface area contributed by atoms with E-state index in [0.29, 0.717) is 18.0 Å². The van der Waals surface area contributed by atoms with Crippen molar-refractivity contribution in [3.63, 3.8) is 0 Å². The Labute approximate surface area is 145 Å². The van der Waals surface area contributed by atoms with Crippen LogP contribution in [0.2, 0.25) is 0 Å². The van der Waals surface area contributed by atoms with Crippen LogP contribution >= 0.6 is 0 Å². The van der Waals surface area contributed by atoms with Gasteiger partial charge in [0.05, 0.1) is 11.3 Å². The van der Waals surface area contributed by atoms with Gasteiger partial charge >= 0.3 is 5.52 Å². The molecule has 0 saturated heterocycles. The van der Waals surface area contributed by atoms with Crippen molar-refractivity contribution >= 4 is 26.7 Å². The number of benzene rings is 1. The van der Waals surface area contributed by atoms with Gasteiger partial charge in [-0.1, -0.05) is 36.4 Å². The van der Waals surface area contributed by atoms with Crippen LogP contribution in [0.15, 0.2) is 54.1 Å². The molecule has 3 aromatic rings. The number of pyridine rings is 1. The number of nitrogens with zero attached hydrogens (tertiary/aromatic N) is 2. The van der Waals surface area contributed by atoms with E-state index in [4.69, 9.17) is 10.6 Å². The number of H-pyrrole nitrogens is 1. The first-order valence-electron chi connectivity index (χ1n) is 7.68. The Balaban J connectivity index is 0.000000219. The first-order chi connectivity index (χ1) is 12.0. The maximum Gasteiger partial charge on any atom is 0.325 e. The number of rotatable bonds is 2. The summed E-state index contributed by atoms with van der Waals surface area (Å²) in [6.07, 6.45) is 4.27. The van der Waals surface area contributed by atoms with Gasteiger partial charge in [-0.05, 0) is 18.1 Å². The third kappa shape index (κ3) is 3.80. The van der Waals surface area contributed by atoms with Crippen LogP contribution in [0.5, 0.6) is 0 Å². The van der Waals surface area contributed by atoms with E-state index in [1.54, 1.807) is 17.9 Å². The lowest BCUT2D eigenvalue weighted by atomic mass is 10.1. The minimum Gasteiger partial charge on any atom is -0.377 e. The predicted molar refractivity (Wildman–Crippen MR) is 96.2 cm³/mol. The van der Waals surface area contributed by atoms with Crippen LogP contribution in [-0.2, 0) is 9.84 Å². The number of sulfone groups is 1. The van der Waals surface area contributed by atoms with Crippen molar-refractivity contribution in [3.05, 3.63) is 54.1 Å². The Morgan fingerprint density at radius 2 is 2.00 bits per heavy atom. The van der Waals surface area contributed by atoms with Crippen molar-refractivity contribution in [2.75, 3.05) is 18.6 Å². The van der Waals surface area contributed by atoms with Crippen molar-refractivity contribution in [2.45, 2.75) is 6.42 Å². The monoisotopic (exact) mass is 359 g/mol. The van der Waals surface area contributed by atoms with Crippen LogP contribution in [0.25, 0.3) is 22.2 Å². The highest BCUT2D eigenvalue weighted by atomic mass is 32.2. The number of anilines is 1. The number of allylic oxidation sites excluding steroid dienone is 1. The van der Waals surface area contributed by atoms with E-state index in [-0.39, 0.29) is 0 Å². The van der Waals surface area contributed by atoms with E-state index in [1.165, 1.54) is 5.41 Å². The highest BCUT2D eigenvalue weighted by molar-refractivity contribution is 7.94. The molecule has 0 bridgehead atoms. The molecule has 2 aromatic heterocycles. The molecule has 0 spiro atoms. The van der Waals surface area contributed by atoms with E-state index in [2.05, 4.69) is 10.2 Å². The molecule has 1 aliphatic heterocycles. The lowest BCUT2D eigenvalue weighted by molar-refractivity contribution is -0.864. The van der Waals surface area contributed by atoms with E-state index in [9.17, 15) is 8.42 Å². The fourth-order valence-corrected chi connectivity index (χ4v) is 3.56. The standard InChI is InChI=1S/C13H12N4O.C4H6O2S/c1-18-17-8-10(9-5-3-2-4-6-9)7-11-12(17)13(14)16-15-11;5-7(6)3-1-2-4-7/h2-8H,14H2,1H3;1,3H,2,4H2/p+1. The van der Waals surface area contributed by atoms with Gasteiger partial charge in [-0.2, -0.15) is 5.10 Å². The molecule has 1 aromatic carbocycles. The molecule has 0 aliphatic carbocycles. The van der Waals surface area contributed by atoms with Crippen LogP contribution in [0.1, 0.15) is 6.42 Å². The highest BCUT2D eigenvalue weighted by Gasteiger charge is 2.19. The number of aromatic amines is 1. The van der Waals surface area contributed by atoms with E-state index in [1.807, 2.05) is 42.6 Å². The maximum absolute atomic E-state index is 10.3. The van der Waals surface area contributed by atoms with Crippen molar-refractivity contribution in [1.82, 2.24) is 10.2 Å². The second-order valence-corrected chi connectivity index (χ2v) is 7.51. The topological polar surface area (TPSA) is 102 Å². The van der Waals surface area contributed by atoms with Gasteiger partial charge in [0.25, 0.3) is 0 Å². The summed E-state index contributed by atoms with van der Waals surface area (Å²) >= 11 is 0. The Morgan fingerprint density at radius 3 is 2.56 bits per heavy atom. The first-order valence-corrected chi connectivity index (χ1v) is 9.40. The summed E-state index contributed by atoms with van der Waals surface area (Å²) in [7, 11) is -1.13. The maximum atomic E-state index is 10.3. The number of nitrogen functional groups attached to an aromatic ring is 1. The van der Waals surface area contributed by atoms with Crippen molar-refractivity contribution in [1.29, 1.82) is 0 Å². The van der Waals surface area contributed by atoms with Gasteiger partial charge in [0, 0.05) is 10.1 Å². The lowest BCUT2D eigenvalue weighted by Gasteiger charge is -2.00. The fourth-order valence-electron chi connectivity index (χ4n) is 2.53.